The predicted octanol–water partition coefficient (Wildman–Crippen LogP) is 0.515. The van der Waals surface area contributed by atoms with Gasteiger partial charge in [-0.25, -0.2) is 0 Å². The number of rotatable bonds is 3. The summed E-state index contributed by atoms with van der Waals surface area (Å²) >= 11 is 0. The van der Waals surface area contributed by atoms with Crippen LogP contribution >= 0.6 is 0 Å². The molecular weight excluding hydrogens is 226 g/mol. The molecule has 1 heterocycles. The van der Waals surface area contributed by atoms with Crippen LogP contribution in [0, 0.1) is 0 Å². The van der Waals surface area contributed by atoms with Crippen LogP contribution in [0.2, 0.25) is 0 Å². The molecule has 1 aliphatic carbocycles. The van der Waals surface area contributed by atoms with E-state index in [2.05, 4.69) is 36.0 Å². The minimum absolute atomic E-state index is 0.0296. The van der Waals surface area contributed by atoms with E-state index in [1.807, 2.05) is 7.05 Å². The van der Waals surface area contributed by atoms with Gasteiger partial charge in [0.25, 0.3) is 0 Å². The topological polar surface area (TPSA) is 38.7 Å². The van der Waals surface area contributed by atoms with Gasteiger partial charge in [0.15, 0.2) is 0 Å². The van der Waals surface area contributed by atoms with Crippen molar-refractivity contribution in [1.82, 2.24) is 15.1 Å². The molecule has 2 rings (SSSR count). The first-order chi connectivity index (χ1) is 8.42. The standard InChI is InChI=1S/C14H29N3O/c1-13(2)10-17(8-7-16(13)4)12-5-6-14(9-12,11-18)15-3/h12,15,18H,5-11H2,1-4H3. The fourth-order valence-corrected chi connectivity index (χ4v) is 3.45. The average Bonchev–Trinajstić information content (AvgIpc) is 2.78. The number of aliphatic hydroxyl groups excluding tert-OH is 1. The number of hydrogen-bond acceptors (Lipinski definition) is 4. The molecule has 0 bridgehead atoms. The third kappa shape index (κ3) is 2.57. The van der Waals surface area contributed by atoms with Crippen molar-refractivity contribution in [3.05, 3.63) is 0 Å². The zero-order valence-corrected chi connectivity index (χ0v) is 12.4. The second kappa shape index (κ2) is 5.08. The third-order valence-electron chi connectivity index (χ3n) is 5.28. The van der Waals surface area contributed by atoms with Gasteiger partial charge in [-0.05, 0) is 47.2 Å². The number of nitrogens with zero attached hydrogens (tertiary/aromatic N) is 2. The number of nitrogens with one attached hydrogen (secondary N) is 1. The summed E-state index contributed by atoms with van der Waals surface area (Å²) in [5.41, 5.74) is 0.237. The van der Waals surface area contributed by atoms with Crippen molar-refractivity contribution in [1.29, 1.82) is 0 Å². The molecule has 0 aromatic carbocycles. The van der Waals surface area contributed by atoms with E-state index < -0.39 is 0 Å². The molecular formula is C14H29N3O. The van der Waals surface area contributed by atoms with Crippen LogP contribution in [-0.2, 0) is 0 Å². The number of aliphatic hydroxyl groups is 1. The summed E-state index contributed by atoms with van der Waals surface area (Å²) in [5.74, 6) is 0. The number of likely N-dealkylation sites (N-methyl/N-ethyl adjacent to an activating group) is 2. The van der Waals surface area contributed by atoms with Crippen LogP contribution in [-0.4, -0.2) is 72.4 Å². The second-order valence-electron chi connectivity index (χ2n) is 6.79. The van der Waals surface area contributed by atoms with Gasteiger partial charge in [0.05, 0.1) is 6.61 Å². The van der Waals surface area contributed by atoms with E-state index in [1.165, 1.54) is 6.42 Å². The Labute approximate surface area is 111 Å². The van der Waals surface area contributed by atoms with Crippen LogP contribution in [0.15, 0.2) is 0 Å². The van der Waals surface area contributed by atoms with Gasteiger partial charge < -0.3 is 10.4 Å². The number of hydrogen-bond donors (Lipinski definition) is 2. The summed E-state index contributed by atoms with van der Waals surface area (Å²) in [6, 6.07) is 0.637. The van der Waals surface area contributed by atoms with E-state index in [0.717, 1.165) is 32.5 Å². The van der Waals surface area contributed by atoms with E-state index in [1.54, 1.807) is 0 Å². The Balaban J connectivity index is 1.98. The molecule has 2 atom stereocenters. The molecule has 4 nitrogen and oxygen atoms in total. The van der Waals surface area contributed by atoms with Crippen molar-refractivity contribution in [2.75, 3.05) is 40.3 Å². The Morgan fingerprint density at radius 1 is 1.33 bits per heavy atom. The van der Waals surface area contributed by atoms with Gasteiger partial charge in [-0.1, -0.05) is 0 Å². The minimum atomic E-state index is -0.0296. The van der Waals surface area contributed by atoms with E-state index in [4.69, 9.17) is 0 Å². The summed E-state index contributed by atoms with van der Waals surface area (Å²) in [5, 5.41) is 12.9. The smallest absolute Gasteiger partial charge is 0.0613 e. The summed E-state index contributed by atoms with van der Waals surface area (Å²) in [4.78, 5) is 5.09. The fraction of sp³-hybridized carbons (Fsp3) is 1.00. The van der Waals surface area contributed by atoms with Crippen molar-refractivity contribution in [3.8, 4) is 0 Å². The Morgan fingerprint density at radius 3 is 2.56 bits per heavy atom. The minimum Gasteiger partial charge on any atom is -0.394 e. The molecule has 1 saturated heterocycles. The lowest BCUT2D eigenvalue weighted by Gasteiger charge is -2.47. The molecule has 106 valence electrons. The zero-order chi connectivity index (χ0) is 13.4. The van der Waals surface area contributed by atoms with Gasteiger partial charge in [-0.3, -0.25) is 9.80 Å². The van der Waals surface area contributed by atoms with E-state index in [9.17, 15) is 5.11 Å². The molecule has 0 aromatic rings. The maximum Gasteiger partial charge on any atom is 0.0613 e. The Morgan fingerprint density at radius 2 is 2.06 bits per heavy atom. The molecule has 0 aromatic heterocycles. The van der Waals surface area contributed by atoms with Crippen LogP contribution in [0.25, 0.3) is 0 Å². The molecule has 0 amide bonds. The SMILES string of the molecule is CNC1(CO)CCC(N2CCN(C)C(C)(C)C2)C1. The molecule has 4 heteroatoms. The molecule has 1 aliphatic heterocycles. The lowest BCUT2D eigenvalue weighted by molar-refractivity contribution is 0.0153. The summed E-state index contributed by atoms with van der Waals surface area (Å²) in [6.07, 6.45) is 3.39. The van der Waals surface area contributed by atoms with Crippen molar-refractivity contribution in [3.63, 3.8) is 0 Å². The molecule has 2 aliphatic rings. The first-order valence-electron chi connectivity index (χ1n) is 7.17. The quantitative estimate of drug-likeness (QED) is 0.771. The molecule has 2 fully saturated rings. The normalized spacial score (nSPS) is 38.2. The molecule has 0 spiro atoms. The van der Waals surface area contributed by atoms with Gasteiger partial charge >= 0.3 is 0 Å². The highest BCUT2D eigenvalue weighted by molar-refractivity contribution is 5.01. The van der Waals surface area contributed by atoms with E-state index in [0.29, 0.717) is 6.04 Å². The lowest BCUT2D eigenvalue weighted by atomic mass is 9.96. The fourth-order valence-electron chi connectivity index (χ4n) is 3.45. The lowest BCUT2D eigenvalue weighted by Crippen LogP contribution is -2.60. The summed E-state index contributed by atoms with van der Waals surface area (Å²) in [7, 11) is 4.20. The monoisotopic (exact) mass is 255 g/mol. The first kappa shape index (κ1) is 14.3. The highest BCUT2D eigenvalue weighted by Crippen LogP contribution is 2.34. The highest BCUT2D eigenvalue weighted by atomic mass is 16.3. The van der Waals surface area contributed by atoms with Gasteiger partial charge in [0, 0.05) is 36.8 Å². The maximum atomic E-state index is 9.59. The van der Waals surface area contributed by atoms with Crippen LogP contribution < -0.4 is 5.32 Å². The van der Waals surface area contributed by atoms with Crippen molar-refractivity contribution in [2.45, 2.75) is 50.2 Å². The molecule has 0 radical (unpaired) electrons. The zero-order valence-electron chi connectivity index (χ0n) is 12.4. The molecule has 2 unspecified atom stereocenters. The molecule has 2 N–H and O–H groups in total. The van der Waals surface area contributed by atoms with Crippen LogP contribution in [0.4, 0.5) is 0 Å². The third-order valence-corrected chi connectivity index (χ3v) is 5.28. The highest BCUT2D eigenvalue weighted by Gasteiger charge is 2.42. The summed E-state index contributed by atoms with van der Waals surface area (Å²) < 4.78 is 0. The van der Waals surface area contributed by atoms with Crippen molar-refractivity contribution in [2.24, 2.45) is 0 Å². The van der Waals surface area contributed by atoms with E-state index >= 15 is 0 Å². The summed E-state index contributed by atoms with van der Waals surface area (Å²) in [6.45, 7) is 8.36. The maximum absolute atomic E-state index is 9.59. The first-order valence-corrected chi connectivity index (χ1v) is 7.17. The van der Waals surface area contributed by atoms with Gasteiger partial charge in [0.2, 0.25) is 0 Å². The van der Waals surface area contributed by atoms with Gasteiger partial charge in [-0.15, -0.1) is 0 Å². The van der Waals surface area contributed by atoms with Crippen LogP contribution in [0.3, 0.4) is 0 Å². The van der Waals surface area contributed by atoms with Crippen molar-refractivity contribution >= 4 is 0 Å². The number of piperazine rings is 1. The van der Waals surface area contributed by atoms with Crippen molar-refractivity contribution < 1.29 is 5.11 Å². The van der Waals surface area contributed by atoms with Gasteiger partial charge in [0.1, 0.15) is 0 Å². The Kier molecular flexibility index (Phi) is 4.02. The van der Waals surface area contributed by atoms with Crippen LogP contribution in [0.1, 0.15) is 33.1 Å². The largest absolute Gasteiger partial charge is 0.394 e. The average molecular weight is 255 g/mol. The second-order valence-corrected chi connectivity index (χ2v) is 6.79. The Hall–Kier alpha value is -0.160. The molecule has 1 saturated carbocycles. The molecule has 18 heavy (non-hydrogen) atoms. The van der Waals surface area contributed by atoms with E-state index in [-0.39, 0.29) is 17.7 Å². The predicted molar refractivity (Wildman–Crippen MR) is 74.8 cm³/mol. The Bertz CT molecular complexity index is 289. The van der Waals surface area contributed by atoms with Gasteiger partial charge in [-0.2, -0.15) is 0 Å². The van der Waals surface area contributed by atoms with Crippen LogP contribution in [0.5, 0.6) is 0 Å².